The van der Waals surface area contributed by atoms with Crippen LogP contribution in [0, 0.1) is 10.1 Å². The molecule has 1 aromatic carbocycles. The Kier molecular flexibility index (Phi) is 6.41. The van der Waals surface area contributed by atoms with E-state index < -0.39 is 4.92 Å². The number of hydrogen-bond donors (Lipinski definition) is 1. The van der Waals surface area contributed by atoms with Crippen molar-refractivity contribution in [3.8, 4) is 5.75 Å². The number of amides is 1. The predicted molar refractivity (Wildman–Crippen MR) is 118 cm³/mol. The van der Waals surface area contributed by atoms with Gasteiger partial charge in [-0.1, -0.05) is 44.6 Å². The number of benzene rings is 1. The lowest BCUT2D eigenvalue weighted by Crippen LogP contribution is -2.41. The number of thioether (sulfide) groups is 1. The van der Waals surface area contributed by atoms with Gasteiger partial charge in [0.25, 0.3) is 5.91 Å². The molecule has 2 saturated carbocycles. The van der Waals surface area contributed by atoms with Crippen molar-refractivity contribution in [2.75, 3.05) is 0 Å². The second-order valence-corrected chi connectivity index (χ2v) is 9.30. The first-order valence-corrected chi connectivity index (χ1v) is 11.6. The van der Waals surface area contributed by atoms with Gasteiger partial charge in [0.15, 0.2) is 10.9 Å². The molecule has 2 aliphatic carbocycles. The molecule has 3 aliphatic rings. The number of nitrogens with zero attached hydrogens (tertiary/aromatic N) is 3. The molecule has 7 nitrogen and oxygen atoms in total. The Morgan fingerprint density at radius 1 is 1.10 bits per heavy atom. The largest absolute Gasteiger partial charge is 0.502 e. The maximum Gasteiger partial charge on any atom is 0.311 e. The van der Waals surface area contributed by atoms with Crippen molar-refractivity contribution < 1.29 is 14.8 Å². The summed E-state index contributed by atoms with van der Waals surface area (Å²) in [5.74, 6) is -0.437. The number of aliphatic imine (C=N–C) groups is 1. The van der Waals surface area contributed by atoms with Crippen molar-refractivity contribution in [1.82, 2.24) is 4.90 Å². The molecule has 3 fully saturated rings. The zero-order valence-corrected chi connectivity index (χ0v) is 17.8. The van der Waals surface area contributed by atoms with E-state index in [1.54, 1.807) is 12.1 Å². The highest BCUT2D eigenvalue weighted by Gasteiger charge is 2.39. The van der Waals surface area contributed by atoms with E-state index in [0.29, 0.717) is 10.5 Å². The van der Waals surface area contributed by atoms with Gasteiger partial charge in [-0.05, 0) is 55.2 Å². The topological polar surface area (TPSA) is 96.0 Å². The van der Waals surface area contributed by atoms with E-state index in [9.17, 15) is 20.0 Å². The minimum atomic E-state index is -0.620. The van der Waals surface area contributed by atoms with Gasteiger partial charge in [0.2, 0.25) is 0 Å². The van der Waals surface area contributed by atoms with Crippen molar-refractivity contribution in [2.45, 2.75) is 76.3 Å². The Hall–Kier alpha value is -2.35. The normalized spacial score (nSPS) is 24.1. The average Bonchev–Trinajstić information content (AvgIpc) is 3.05. The van der Waals surface area contributed by atoms with Crippen LogP contribution in [0.25, 0.3) is 6.08 Å². The molecule has 0 atom stereocenters. The minimum absolute atomic E-state index is 0.0582. The molecule has 160 valence electrons. The van der Waals surface area contributed by atoms with Crippen molar-refractivity contribution in [2.24, 2.45) is 4.99 Å². The molecule has 0 bridgehead atoms. The number of carbonyl (C=O) groups is 1. The van der Waals surface area contributed by atoms with Gasteiger partial charge < -0.3 is 5.11 Å². The Morgan fingerprint density at radius 3 is 2.43 bits per heavy atom. The third-order valence-electron chi connectivity index (χ3n) is 6.14. The van der Waals surface area contributed by atoms with Gasteiger partial charge in [-0.3, -0.25) is 24.8 Å². The van der Waals surface area contributed by atoms with E-state index in [-0.39, 0.29) is 29.4 Å². The van der Waals surface area contributed by atoms with Gasteiger partial charge in [0.1, 0.15) is 0 Å². The summed E-state index contributed by atoms with van der Waals surface area (Å²) in [5, 5.41) is 21.6. The molecule has 1 amide bonds. The third-order valence-corrected chi connectivity index (χ3v) is 7.14. The van der Waals surface area contributed by atoms with Crippen LogP contribution >= 0.6 is 11.8 Å². The highest BCUT2D eigenvalue weighted by molar-refractivity contribution is 8.18. The zero-order chi connectivity index (χ0) is 21.1. The fourth-order valence-corrected chi connectivity index (χ4v) is 5.64. The number of rotatable bonds is 4. The Morgan fingerprint density at radius 2 is 1.77 bits per heavy atom. The fraction of sp³-hybridized carbons (Fsp3) is 0.545. The van der Waals surface area contributed by atoms with Crippen LogP contribution in [0.2, 0.25) is 0 Å². The van der Waals surface area contributed by atoms with Crippen LogP contribution in [0.3, 0.4) is 0 Å². The Labute approximate surface area is 180 Å². The molecule has 4 rings (SSSR count). The molecular formula is C22H27N3O4S. The van der Waals surface area contributed by atoms with E-state index in [2.05, 4.69) is 0 Å². The first-order valence-electron chi connectivity index (χ1n) is 10.8. The van der Waals surface area contributed by atoms with E-state index in [1.807, 2.05) is 4.90 Å². The molecule has 1 heterocycles. The maximum atomic E-state index is 13.3. The van der Waals surface area contributed by atoms with Gasteiger partial charge >= 0.3 is 5.69 Å². The zero-order valence-electron chi connectivity index (χ0n) is 17.0. The summed E-state index contributed by atoms with van der Waals surface area (Å²) >= 11 is 1.38. The number of amidine groups is 1. The average molecular weight is 430 g/mol. The van der Waals surface area contributed by atoms with Gasteiger partial charge in [-0.2, -0.15) is 0 Å². The highest BCUT2D eigenvalue weighted by Crippen LogP contribution is 2.39. The SMILES string of the molecule is O=C1C(=Cc2ccc(O)c([N+](=O)[O-])c2)SC(=NC2CCCCC2)N1C1CCCCC1. The van der Waals surface area contributed by atoms with E-state index in [4.69, 9.17) is 4.99 Å². The molecule has 0 spiro atoms. The fourth-order valence-electron chi connectivity index (χ4n) is 4.53. The molecule has 1 aromatic rings. The number of nitro groups is 1. The van der Waals surface area contributed by atoms with Gasteiger partial charge in [0, 0.05) is 12.1 Å². The minimum Gasteiger partial charge on any atom is -0.502 e. The molecule has 0 unspecified atom stereocenters. The molecule has 0 aromatic heterocycles. The lowest BCUT2D eigenvalue weighted by Gasteiger charge is -2.31. The molecular weight excluding hydrogens is 402 g/mol. The molecule has 1 saturated heterocycles. The highest BCUT2D eigenvalue weighted by atomic mass is 32.2. The number of carbonyl (C=O) groups excluding carboxylic acids is 1. The summed E-state index contributed by atoms with van der Waals surface area (Å²) in [6.07, 6.45) is 12.9. The summed E-state index contributed by atoms with van der Waals surface area (Å²) in [6, 6.07) is 4.64. The van der Waals surface area contributed by atoms with Crippen molar-refractivity contribution in [3.63, 3.8) is 0 Å². The number of nitro benzene ring substituents is 1. The van der Waals surface area contributed by atoms with Crippen molar-refractivity contribution >= 4 is 34.6 Å². The molecule has 1 aliphatic heterocycles. The van der Waals surface area contributed by atoms with Crippen LogP contribution in [-0.4, -0.2) is 38.1 Å². The Balaban J connectivity index is 1.65. The number of aromatic hydroxyl groups is 1. The summed E-state index contributed by atoms with van der Waals surface area (Å²) < 4.78 is 0. The lowest BCUT2D eigenvalue weighted by atomic mass is 9.94. The maximum absolute atomic E-state index is 13.3. The quantitative estimate of drug-likeness (QED) is 0.401. The van der Waals surface area contributed by atoms with Crippen LogP contribution in [0.4, 0.5) is 5.69 Å². The Bertz CT molecular complexity index is 886. The van der Waals surface area contributed by atoms with Gasteiger partial charge in [0.05, 0.1) is 15.9 Å². The van der Waals surface area contributed by atoms with Crippen LogP contribution in [0.1, 0.15) is 69.8 Å². The molecule has 0 radical (unpaired) electrons. The lowest BCUT2D eigenvalue weighted by molar-refractivity contribution is -0.385. The summed E-state index contributed by atoms with van der Waals surface area (Å²) in [4.78, 5) is 31.2. The van der Waals surface area contributed by atoms with Crippen molar-refractivity contribution in [1.29, 1.82) is 0 Å². The van der Waals surface area contributed by atoms with Crippen LogP contribution in [0.5, 0.6) is 5.75 Å². The third kappa shape index (κ3) is 4.53. The van der Waals surface area contributed by atoms with Crippen LogP contribution < -0.4 is 0 Å². The smallest absolute Gasteiger partial charge is 0.311 e. The predicted octanol–water partition coefficient (Wildman–Crippen LogP) is 5.24. The number of hydrogen-bond acceptors (Lipinski definition) is 6. The van der Waals surface area contributed by atoms with Crippen molar-refractivity contribution in [3.05, 3.63) is 38.8 Å². The summed E-state index contributed by atoms with van der Waals surface area (Å²) in [5.41, 5.74) is 0.165. The standard InChI is InChI=1S/C22H27N3O4S/c26-19-12-11-15(13-18(19)25(28)29)14-20-21(27)24(17-9-5-2-6-10-17)22(30-20)23-16-7-3-1-4-8-16/h11-14,16-17,26H,1-10H2. The summed E-state index contributed by atoms with van der Waals surface area (Å²) in [7, 11) is 0. The number of phenols is 1. The second-order valence-electron chi connectivity index (χ2n) is 8.29. The molecule has 8 heteroatoms. The second kappa shape index (κ2) is 9.20. The van der Waals surface area contributed by atoms with E-state index in [1.165, 1.54) is 49.6 Å². The van der Waals surface area contributed by atoms with E-state index in [0.717, 1.165) is 43.7 Å². The summed E-state index contributed by atoms with van der Waals surface area (Å²) in [6.45, 7) is 0. The monoisotopic (exact) mass is 429 g/mol. The van der Waals surface area contributed by atoms with E-state index >= 15 is 0 Å². The van der Waals surface area contributed by atoms with Gasteiger partial charge in [-0.15, -0.1) is 0 Å². The first-order chi connectivity index (χ1) is 14.5. The van der Waals surface area contributed by atoms with Crippen LogP contribution in [-0.2, 0) is 4.79 Å². The number of phenolic OH excluding ortho intramolecular Hbond substituents is 1. The van der Waals surface area contributed by atoms with Crippen LogP contribution in [0.15, 0.2) is 28.1 Å². The first kappa shape index (κ1) is 20.9. The molecule has 1 N–H and O–H groups in total. The molecule has 30 heavy (non-hydrogen) atoms. The van der Waals surface area contributed by atoms with Gasteiger partial charge in [-0.25, -0.2) is 0 Å².